The number of para-hydroxylation sites is 1. The van der Waals surface area contributed by atoms with Crippen LogP contribution in [0.3, 0.4) is 0 Å². The zero-order valence-electron chi connectivity index (χ0n) is 9.27. The lowest BCUT2D eigenvalue weighted by molar-refractivity contribution is -0.384. The van der Waals surface area contributed by atoms with Gasteiger partial charge in [-0.3, -0.25) is 10.1 Å². The molecule has 0 atom stereocenters. The molecule has 1 aromatic carbocycles. The maximum atomic E-state index is 11.0. The molecular formula is C11H12N2O4. The molecular weight excluding hydrogens is 224 g/mol. The number of carbonyl (C=O) groups is 1. The third-order valence-corrected chi connectivity index (χ3v) is 2.97. The quantitative estimate of drug-likeness (QED) is 0.615. The molecule has 17 heavy (non-hydrogen) atoms. The molecule has 0 bridgehead atoms. The highest BCUT2D eigenvalue weighted by molar-refractivity contribution is 5.88. The number of nitrogens with one attached hydrogen (secondary N) is 1. The van der Waals surface area contributed by atoms with E-state index in [1.165, 1.54) is 6.07 Å². The van der Waals surface area contributed by atoms with Gasteiger partial charge in [0.1, 0.15) is 11.2 Å². The van der Waals surface area contributed by atoms with Crippen molar-refractivity contribution in [3.05, 3.63) is 33.9 Å². The summed E-state index contributed by atoms with van der Waals surface area (Å²) >= 11 is 0. The third-order valence-electron chi connectivity index (χ3n) is 2.97. The molecule has 2 rings (SSSR count). The Labute approximate surface area is 97.4 Å². The molecule has 1 saturated carbocycles. The van der Waals surface area contributed by atoms with E-state index in [0.29, 0.717) is 24.1 Å². The van der Waals surface area contributed by atoms with E-state index < -0.39 is 16.4 Å². The van der Waals surface area contributed by atoms with Gasteiger partial charge in [0.05, 0.1) is 4.92 Å². The monoisotopic (exact) mass is 236 g/mol. The van der Waals surface area contributed by atoms with E-state index in [4.69, 9.17) is 5.11 Å². The van der Waals surface area contributed by atoms with Crippen LogP contribution in [0, 0.1) is 17.0 Å². The van der Waals surface area contributed by atoms with Gasteiger partial charge in [-0.25, -0.2) is 4.79 Å². The second-order valence-corrected chi connectivity index (χ2v) is 4.24. The highest BCUT2D eigenvalue weighted by Gasteiger charge is 2.51. The molecule has 0 unspecified atom stereocenters. The van der Waals surface area contributed by atoms with Crippen LogP contribution in [0.5, 0.6) is 0 Å². The van der Waals surface area contributed by atoms with Crippen molar-refractivity contribution in [2.75, 3.05) is 5.32 Å². The van der Waals surface area contributed by atoms with Crippen molar-refractivity contribution in [3.63, 3.8) is 0 Å². The molecule has 0 aromatic heterocycles. The summed E-state index contributed by atoms with van der Waals surface area (Å²) in [6.45, 7) is 1.72. The third kappa shape index (κ3) is 1.93. The first kappa shape index (κ1) is 11.4. The number of nitrogens with zero attached hydrogens (tertiary/aromatic N) is 1. The molecule has 90 valence electrons. The minimum atomic E-state index is -1.02. The zero-order valence-corrected chi connectivity index (χ0v) is 9.27. The summed E-state index contributed by atoms with van der Waals surface area (Å²) in [5.41, 5.74) is -0.127. The van der Waals surface area contributed by atoms with Gasteiger partial charge in [-0.1, -0.05) is 12.1 Å². The number of aliphatic carboxylic acids is 1. The lowest BCUT2D eigenvalue weighted by Crippen LogP contribution is -2.32. The van der Waals surface area contributed by atoms with E-state index >= 15 is 0 Å². The fourth-order valence-electron chi connectivity index (χ4n) is 1.72. The Morgan fingerprint density at radius 3 is 2.65 bits per heavy atom. The Bertz CT molecular complexity index is 494. The van der Waals surface area contributed by atoms with Crippen LogP contribution in [0.2, 0.25) is 0 Å². The molecule has 0 radical (unpaired) electrons. The smallest absolute Gasteiger partial charge is 0.329 e. The fraction of sp³-hybridized carbons (Fsp3) is 0.364. The van der Waals surface area contributed by atoms with Crippen molar-refractivity contribution in [2.45, 2.75) is 25.3 Å². The maximum Gasteiger partial charge on any atom is 0.329 e. The Balaban J connectivity index is 2.38. The van der Waals surface area contributed by atoms with Crippen LogP contribution in [0.1, 0.15) is 18.4 Å². The van der Waals surface area contributed by atoms with Gasteiger partial charge < -0.3 is 10.4 Å². The number of carboxylic acid groups (broad SMARTS) is 1. The van der Waals surface area contributed by atoms with Crippen LogP contribution >= 0.6 is 0 Å². The molecule has 2 N–H and O–H groups in total. The summed E-state index contributed by atoms with van der Waals surface area (Å²) in [7, 11) is 0. The summed E-state index contributed by atoms with van der Waals surface area (Å²) in [6.07, 6.45) is 0.988. The van der Waals surface area contributed by atoms with Gasteiger partial charge in [0, 0.05) is 6.07 Å². The number of hydrogen-bond donors (Lipinski definition) is 2. The van der Waals surface area contributed by atoms with Gasteiger partial charge >= 0.3 is 5.97 Å². The van der Waals surface area contributed by atoms with Gasteiger partial charge in [-0.05, 0) is 25.3 Å². The number of aryl methyl sites for hydroxylation is 1. The average molecular weight is 236 g/mol. The van der Waals surface area contributed by atoms with E-state index in [9.17, 15) is 14.9 Å². The topological polar surface area (TPSA) is 92.5 Å². The van der Waals surface area contributed by atoms with Gasteiger partial charge in [0.25, 0.3) is 5.69 Å². The standard InChI is InChI=1S/C11H12N2O4/c1-7-3-2-4-8(13(16)17)9(7)12-11(5-6-11)10(14)15/h2-4,12H,5-6H2,1H3,(H,14,15). The predicted octanol–water partition coefficient (Wildman–Crippen LogP) is 1.93. The summed E-state index contributed by atoms with van der Waals surface area (Å²) in [5, 5.41) is 22.7. The second-order valence-electron chi connectivity index (χ2n) is 4.24. The molecule has 0 heterocycles. The molecule has 0 amide bonds. The zero-order chi connectivity index (χ0) is 12.6. The van der Waals surface area contributed by atoms with E-state index in [0.717, 1.165) is 0 Å². The first-order chi connectivity index (χ1) is 7.96. The Hall–Kier alpha value is -2.11. The van der Waals surface area contributed by atoms with Gasteiger partial charge in [-0.2, -0.15) is 0 Å². The first-order valence-corrected chi connectivity index (χ1v) is 5.22. The van der Waals surface area contributed by atoms with E-state index in [1.807, 2.05) is 0 Å². The molecule has 1 fully saturated rings. The highest BCUT2D eigenvalue weighted by Crippen LogP contribution is 2.42. The second kappa shape index (κ2) is 3.73. The number of anilines is 1. The molecule has 0 spiro atoms. The van der Waals surface area contributed by atoms with Crippen molar-refractivity contribution in [3.8, 4) is 0 Å². The molecule has 6 nitrogen and oxygen atoms in total. The van der Waals surface area contributed by atoms with Gasteiger partial charge in [0.15, 0.2) is 0 Å². The Kier molecular flexibility index (Phi) is 2.49. The average Bonchev–Trinajstić information content (AvgIpc) is 3.01. The minimum Gasteiger partial charge on any atom is -0.480 e. The van der Waals surface area contributed by atoms with Crippen LogP contribution in [-0.2, 0) is 4.79 Å². The number of rotatable bonds is 4. The predicted molar refractivity (Wildman–Crippen MR) is 61.1 cm³/mol. The summed E-state index contributed by atoms with van der Waals surface area (Å²) in [4.78, 5) is 21.4. The number of carboxylic acids is 1. The Morgan fingerprint density at radius 1 is 1.53 bits per heavy atom. The molecule has 1 aliphatic rings. The lowest BCUT2D eigenvalue weighted by Gasteiger charge is -2.15. The maximum absolute atomic E-state index is 11.0. The minimum absolute atomic E-state index is 0.0856. The molecule has 1 aromatic rings. The van der Waals surface area contributed by atoms with Gasteiger partial charge in [-0.15, -0.1) is 0 Å². The normalized spacial score (nSPS) is 16.3. The van der Waals surface area contributed by atoms with Crippen molar-refractivity contribution >= 4 is 17.3 Å². The van der Waals surface area contributed by atoms with Crippen LogP contribution in [0.15, 0.2) is 18.2 Å². The number of nitro groups is 1. The van der Waals surface area contributed by atoms with E-state index in [-0.39, 0.29) is 5.69 Å². The molecule has 0 saturated heterocycles. The fourth-order valence-corrected chi connectivity index (χ4v) is 1.72. The molecule has 0 aliphatic heterocycles. The van der Waals surface area contributed by atoms with Crippen LogP contribution in [0.4, 0.5) is 11.4 Å². The van der Waals surface area contributed by atoms with E-state index in [1.54, 1.807) is 19.1 Å². The largest absolute Gasteiger partial charge is 0.480 e. The first-order valence-electron chi connectivity index (χ1n) is 5.22. The number of benzene rings is 1. The highest BCUT2D eigenvalue weighted by atomic mass is 16.6. The van der Waals surface area contributed by atoms with Crippen LogP contribution in [0.25, 0.3) is 0 Å². The summed E-state index contributed by atoms with van der Waals surface area (Å²) < 4.78 is 0. The van der Waals surface area contributed by atoms with Crippen molar-refractivity contribution in [2.24, 2.45) is 0 Å². The Morgan fingerprint density at radius 2 is 2.18 bits per heavy atom. The van der Waals surface area contributed by atoms with E-state index in [2.05, 4.69) is 5.32 Å². The molecule has 6 heteroatoms. The van der Waals surface area contributed by atoms with Crippen molar-refractivity contribution < 1.29 is 14.8 Å². The van der Waals surface area contributed by atoms with Crippen LogP contribution in [-0.4, -0.2) is 21.5 Å². The lowest BCUT2D eigenvalue weighted by atomic mass is 10.1. The van der Waals surface area contributed by atoms with Crippen molar-refractivity contribution in [1.29, 1.82) is 0 Å². The SMILES string of the molecule is Cc1cccc([N+](=O)[O-])c1NC1(C(=O)O)CC1. The van der Waals surface area contributed by atoms with Crippen molar-refractivity contribution in [1.82, 2.24) is 0 Å². The summed E-state index contributed by atoms with van der Waals surface area (Å²) in [5.74, 6) is -0.963. The van der Waals surface area contributed by atoms with Crippen LogP contribution < -0.4 is 5.32 Å². The summed E-state index contributed by atoms with van der Waals surface area (Å²) in [6, 6.07) is 4.67. The number of nitro benzene ring substituents is 1. The number of hydrogen-bond acceptors (Lipinski definition) is 4. The van der Waals surface area contributed by atoms with Gasteiger partial charge in [0.2, 0.25) is 0 Å². The molecule has 1 aliphatic carbocycles.